The minimum Gasteiger partial charge on any atom is -0.481 e. The van der Waals surface area contributed by atoms with Crippen LogP contribution < -0.4 is 0 Å². The zero-order valence-corrected chi connectivity index (χ0v) is 7.28. The number of carbonyl (C=O) groups is 1. The van der Waals surface area contributed by atoms with Gasteiger partial charge in [-0.25, -0.2) is 8.78 Å². The zero-order valence-electron chi connectivity index (χ0n) is 7.28. The Labute approximate surface area is 79.4 Å². The van der Waals surface area contributed by atoms with Gasteiger partial charge in [0.25, 0.3) is 5.92 Å². The van der Waals surface area contributed by atoms with Crippen LogP contribution in [0.1, 0.15) is 18.4 Å². The molecule has 0 amide bonds. The van der Waals surface area contributed by atoms with E-state index in [2.05, 4.69) is 4.98 Å². The maximum Gasteiger partial charge on any atom is 0.303 e. The number of alkyl halides is 2. The second kappa shape index (κ2) is 4.13. The Morgan fingerprint density at radius 1 is 1.43 bits per heavy atom. The third-order valence-corrected chi connectivity index (χ3v) is 1.76. The Kier molecular flexibility index (Phi) is 3.11. The molecule has 0 bridgehead atoms. The summed E-state index contributed by atoms with van der Waals surface area (Å²) in [4.78, 5) is 13.7. The van der Waals surface area contributed by atoms with Crippen LogP contribution in [0.3, 0.4) is 0 Å². The Morgan fingerprint density at radius 3 is 2.50 bits per heavy atom. The van der Waals surface area contributed by atoms with Gasteiger partial charge >= 0.3 is 5.97 Å². The third-order valence-electron chi connectivity index (χ3n) is 1.76. The standard InChI is InChI=1S/C9H9F2NO2/c10-9(11,4-1-8(13)14)7-2-5-12-6-3-7/h2-3,5-6H,1,4H2,(H,13,14). The van der Waals surface area contributed by atoms with Crippen LogP contribution >= 0.6 is 0 Å². The van der Waals surface area contributed by atoms with Crippen molar-refractivity contribution in [3.05, 3.63) is 30.1 Å². The average Bonchev–Trinajstić information content (AvgIpc) is 2.16. The second-order valence-corrected chi connectivity index (χ2v) is 2.83. The monoisotopic (exact) mass is 201 g/mol. The highest BCUT2D eigenvalue weighted by atomic mass is 19.3. The van der Waals surface area contributed by atoms with Crippen molar-refractivity contribution in [2.45, 2.75) is 18.8 Å². The number of hydrogen-bond donors (Lipinski definition) is 1. The molecule has 3 nitrogen and oxygen atoms in total. The molecule has 0 unspecified atom stereocenters. The molecule has 0 aliphatic heterocycles. The smallest absolute Gasteiger partial charge is 0.303 e. The molecule has 0 atom stereocenters. The first-order chi connectivity index (χ1) is 6.52. The van der Waals surface area contributed by atoms with Crippen LogP contribution in [0.2, 0.25) is 0 Å². The van der Waals surface area contributed by atoms with Crippen LogP contribution in [-0.2, 0) is 10.7 Å². The van der Waals surface area contributed by atoms with Gasteiger partial charge in [-0.15, -0.1) is 0 Å². The molecule has 1 aromatic heterocycles. The van der Waals surface area contributed by atoms with Gasteiger partial charge in [-0.05, 0) is 12.1 Å². The summed E-state index contributed by atoms with van der Waals surface area (Å²) >= 11 is 0. The van der Waals surface area contributed by atoms with Gasteiger partial charge in [-0.1, -0.05) is 0 Å². The van der Waals surface area contributed by atoms with Gasteiger partial charge in [0, 0.05) is 24.4 Å². The SMILES string of the molecule is O=C(O)CCC(F)(F)c1ccncc1. The minimum atomic E-state index is -3.10. The lowest BCUT2D eigenvalue weighted by molar-refractivity contribution is -0.139. The normalized spacial score (nSPS) is 11.3. The first kappa shape index (κ1) is 10.6. The molecule has 0 aromatic carbocycles. The number of halogens is 2. The molecule has 76 valence electrons. The lowest BCUT2D eigenvalue weighted by Crippen LogP contribution is -2.15. The molecule has 14 heavy (non-hydrogen) atoms. The van der Waals surface area contributed by atoms with E-state index in [-0.39, 0.29) is 5.56 Å². The predicted molar refractivity (Wildman–Crippen MR) is 45.0 cm³/mol. The molecular formula is C9H9F2NO2. The van der Waals surface area contributed by atoms with E-state index >= 15 is 0 Å². The van der Waals surface area contributed by atoms with Crippen molar-refractivity contribution in [2.24, 2.45) is 0 Å². The fraction of sp³-hybridized carbons (Fsp3) is 0.333. The van der Waals surface area contributed by atoms with Crippen LogP contribution in [0, 0.1) is 0 Å². The summed E-state index contributed by atoms with van der Waals surface area (Å²) in [6.07, 6.45) is 1.27. The van der Waals surface area contributed by atoms with Gasteiger partial charge in [-0.3, -0.25) is 9.78 Å². The fourth-order valence-corrected chi connectivity index (χ4v) is 1.00. The zero-order chi connectivity index (χ0) is 10.6. The highest BCUT2D eigenvalue weighted by molar-refractivity contribution is 5.66. The Bertz CT molecular complexity index is 314. The topological polar surface area (TPSA) is 50.2 Å². The lowest BCUT2D eigenvalue weighted by Gasteiger charge is -2.14. The summed E-state index contributed by atoms with van der Waals surface area (Å²) in [6.45, 7) is 0. The number of carboxylic acids is 1. The van der Waals surface area contributed by atoms with E-state index in [1.807, 2.05) is 0 Å². The van der Waals surface area contributed by atoms with Crippen LogP contribution in [0.15, 0.2) is 24.5 Å². The largest absolute Gasteiger partial charge is 0.481 e. The first-order valence-corrected chi connectivity index (χ1v) is 4.02. The van der Waals surface area contributed by atoms with Crippen molar-refractivity contribution in [2.75, 3.05) is 0 Å². The highest BCUT2D eigenvalue weighted by Crippen LogP contribution is 2.32. The molecule has 5 heteroatoms. The van der Waals surface area contributed by atoms with Gasteiger partial charge in [0.2, 0.25) is 0 Å². The van der Waals surface area contributed by atoms with Gasteiger partial charge in [-0.2, -0.15) is 0 Å². The molecule has 1 rings (SSSR count). The summed E-state index contributed by atoms with van der Waals surface area (Å²) in [6, 6.07) is 2.36. The van der Waals surface area contributed by atoms with Crippen LogP contribution in [0.4, 0.5) is 8.78 Å². The summed E-state index contributed by atoms with van der Waals surface area (Å²) < 4.78 is 26.5. The molecule has 0 aliphatic carbocycles. The van der Waals surface area contributed by atoms with Gasteiger partial charge < -0.3 is 5.11 Å². The molecule has 0 radical (unpaired) electrons. The number of carboxylic acid groups (broad SMARTS) is 1. The van der Waals surface area contributed by atoms with E-state index in [0.29, 0.717) is 0 Å². The maximum absolute atomic E-state index is 13.2. The van der Waals surface area contributed by atoms with Crippen molar-refractivity contribution in [3.63, 3.8) is 0 Å². The quantitative estimate of drug-likeness (QED) is 0.810. The summed E-state index contributed by atoms with van der Waals surface area (Å²) in [7, 11) is 0. The van der Waals surface area contributed by atoms with Crippen molar-refractivity contribution < 1.29 is 18.7 Å². The Morgan fingerprint density at radius 2 is 2.00 bits per heavy atom. The second-order valence-electron chi connectivity index (χ2n) is 2.83. The van der Waals surface area contributed by atoms with Crippen molar-refractivity contribution in [1.82, 2.24) is 4.98 Å². The molecule has 1 heterocycles. The number of nitrogens with zero attached hydrogens (tertiary/aromatic N) is 1. The maximum atomic E-state index is 13.2. The van der Waals surface area contributed by atoms with Gasteiger partial charge in [0.05, 0.1) is 6.42 Å². The molecule has 0 saturated carbocycles. The van der Waals surface area contributed by atoms with Crippen molar-refractivity contribution in [1.29, 1.82) is 0 Å². The molecule has 1 N–H and O–H groups in total. The average molecular weight is 201 g/mol. The highest BCUT2D eigenvalue weighted by Gasteiger charge is 2.31. The molecule has 0 fully saturated rings. The minimum absolute atomic E-state index is 0.200. The Hall–Kier alpha value is -1.52. The lowest BCUT2D eigenvalue weighted by atomic mass is 10.1. The number of aliphatic carboxylic acids is 1. The number of aromatic nitrogens is 1. The van der Waals surface area contributed by atoms with Gasteiger partial charge in [0.1, 0.15) is 0 Å². The third kappa shape index (κ3) is 2.76. The molecule has 0 aliphatic rings. The predicted octanol–water partition coefficient (Wildman–Crippen LogP) is 2.04. The summed E-state index contributed by atoms with van der Waals surface area (Å²) in [5.41, 5.74) is -0.200. The molecule has 1 aromatic rings. The molecule has 0 saturated heterocycles. The van der Waals surface area contributed by atoms with E-state index in [1.54, 1.807) is 0 Å². The number of pyridine rings is 1. The van der Waals surface area contributed by atoms with Crippen LogP contribution in [-0.4, -0.2) is 16.1 Å². The van der Waals surface area contributed by atoms with E-state index in [9.17, 15) is 13.6 Å². The fourth-order valence-electron chi connectivity index (χ4n) is 1.00. The summed E-state index contributed by atoms with van der Waals surface area (Å²) in [5.74, 6) is -4.32. The molecule has 0 spiro atoms. The van der Waals surface area contributed by atoms with Crippen molar-refractivity contribution >= 4 is 5.97 Å². The Balaban J connectivity index is 2.70. The number of rotatable bonds is 4. The van der Waals surface area contributed by atoms with E-state index in [1.165, 1.54) is 24.5 Å². The van der Waals surface area contributed by atoms with Crippen LogP contribution in [0.25, 0.3) is 0 Å². The van der Waals surface area contributed by atoms with Crippen molar-refractivity contribution in [3.8, 4) is 0 Å². The molecular weight excluding hydrogens is 192 g/mol. The van der Waals surface area contributed by atoms with E-state index in [0.717, 1.165) is 0 Å². The van der Waals surface area contributed by atoms with E-state index in [4.69, 9.17) is 5.11 Å². The van der Waals surface area contributed by atoms with Crippen LogP contribution in [0.5, 0.6) is 0 Å². The van der Waals surface area contributed by atoms with Gasteiger partial charge in [0.15, 0.2) is 0 Å². The first-order valence-electron chi connectivity index (χ1n) is 4.02. The summed E-state index contributed by atoms with van der Waals surface area (Å²) in [5, 5.41) is 8.28. The number of hydrogen-bond acceptors (Lipinski definition) is 2. The van der Waals surface area contributed by atoms with E-state index < -0.39 is 24.7 Å².